The Morgan fingerprint density at radius 3 is 2.50 bits per heavy atom. The lowest BCUT2D eigenvalue weighted by Crippen LogP contribution is -2.64. The molecule has 6 nitrogen and oxygen atoms in total. The van der Waals surface area contributed by atoms with Crippen LogP contribution in [-0.2, 0) is 11.4 Å². The molecule has 0 unspecified atom stereocenters. The monoisotopic (exact) mass is 278 g/mol. The molecule has 1 aliphatic rings. The molecule has 1 fully saturated rings. The number of nitrogens with zero attached hydrogens (tertiary/aromatic N) is 4. The van der Waals surface area contributed by atoms with E-state index in [-0.39, 0.29) is 24.1 Å². The van der Waals surface area contributed by atoms with Gasteiger partial charge in [0.1, 0.15) is 5.82 Å². The van der Waals surface area contributed by atoms with Crippen LogP contribution in [0.3, 0.4) is 0 Å². The van der Waals surface area contributed by atoms with Crippen molar-refractivity contribution in [3.8, 4) is 0 Å². The molecule has 0 spiro atoms. The normalized spacial score (nSPS) is 18.8. The Balaban J connectivity index is 2.21. The van der Waals surface area contributed by atoms with Crippen LogP contribution < -0.4 is 4.90 Å². The van der Waals surface area contributed by atoms with E-state index in [4.69, 9.17) is 5.11 Å². The van der Waals surface area contributed by atoms with Crippen molar-refractivity contribution in [1.29, 1.82) is 0 Å². The Bertz CT molecular complexity index is 484. The Labute approximate surface area is 119 Å². The number of anilines is 1. The number of aliphatic hydroxyl groups excluding tert-OH is 1. The van der Waals surface area contributed by atoms with E-state index in [1.54, 1.807) is 12.4 Å². The van der Waals surface area contributed by atoms with E-state index >= 15 is 0 Å². The standard InChI is InChI=1S/C14H22N4O2/c1-10(2)18-13(20)7-17(9-14(18,3)4)12-6-15-11(8-19)5-16-12/h5-6,10,19H,7-9H2,1-4H3. The highest BCUT2D eigenvalue weighted by atomic mass is 16.3. The Kier molecular flexibility index (Phi) is 3.94. The van der Waals surface area contributed by atoms with Gasteiger partial charge >= 0.3 is 0 Å². The van der Waals surface area contributed by atoms with Crippen molar-refractivity contribution in [2.45, 2.75) is 45.9 Å². The van der Waals surface area contributed by atoms with Gasteiger partial charge in [-0.2, -0.15) is 0 Å². The molecule has 1 N–H and O–H groups in total. The molecule has 1 aromatic rings. The molecule has 0 saturated carbocycles. The number of aromatic nitrogens is 2. The van der Waals surface area contributed by atoms with Crippen LogP contribution in [0.15, 0.2) is 12.4 Å². The third-order valence-corrected chi connectivity index (χ3v) is 3.52. The van der Waals surface area contributed by atoms with Crippen molar-refractivity contribution in [2.24, 2.45) is 0 Å². The summed E-state index contributed by atoms with van der Waals surface area (Å²) in [5.41, 5.74) is 0.279. The van der Waals surface area contributed by atoms with Crippen LogP contribution in [0.2, 0.25) is 0 Å². The predicted molar refractivity (Wildman–Crippen MR) is 76.2 cm³/mol. The maximum absolute atomic E-state index is 12.4. The lowest BCUT2D eigenvalue weighted by molar-refractivity contribution is -0.139. The summed E-state index contributed by atoms with van der Waals surface area (Å²) in [5.74, 6) is 0.774. The van der Waals surface area contributed by atoms with Gasteiger partial charge in [-0.1, -0.05) is 0 Å². The highest BCUT2D eigenvalue weighted by molar-refractivity contribution is 5.83. The zero-order chi connectivity index (χ0) is 14.9. The number of carbonyl (C=O) groups excluding carboxylic acids is 1. The molecule has 20 heavy (non-hydrogen) atoms. The lowest BCUT2D eigenvalue weighted by Gasteiger charge is -2.49. The minimum atomic E-state index is -0.249. The maximum atomic E-state index is 12.4. The molecular weight excluding hydrogens is 256 g/mol. The quantitative estimate of drug-likeness (QED) is 0.886. The van der Waals surface area contributed by atoms with Crippen molar-refractivity contribution in [3.63, 3.8) is 0 Å². The Hall–Kier alpha value is -1.69. The van der Waals surface area contributed by atoms with Gasteiger partial charge in [0.2, 0.25) is 5.91 Å². The second-order valence-corrected chi connectivity index (χ2v) is 6.05. The van der Waals surface area contributed by atoms with E-state index < -0.39 is 0 Å². The molecular formula is C14H22N4O2. The zero-order valence-corrected chi connectivity index (χ0v) is 12.5. The predicted octanol–water partition coefficient (Wildman–Crippen LogP) is 0.804. The lowest BCUT2D eigenvalue weighted by atomic mass is 9.96. The number of rotatable bonds is 3. The summed E-state index contributed by atoms with van der Waals surface area (Å²) in [5, 5.41) is 8.98. The Morgan fingerprint density at radius 1 is 1.35 bits per heavy atom. The van der Waals surface area contributed by atoms with Gasteiger partial charge in [-0.05, 0) is 27.7 Å². The van der Waals surface area contributed by atoms with Gasteiger partial charge in [-0.25, -0.2) is 4.98 Å². The highest BCUT2D eigenvalue weighted by Gasteiger charge is 2.40. The third kappa shape index (κ3) is 2.75. The fraction of sp³-hybridized carbons (Fsp3) is 0.643. The first-order valence-corrected chi connectivity index (χ1v) is 6.84. The van der Waals surface area contributed by atoms with Crippen molar-refractivity contribution < 1.29 is 9.90 Å². The molecule has 0 bridgehead atoms. The van der Waals surface area contributed by atoms with Crippen LogP contribution in [0.4, 0.5) is 5.82 Å². The summed E-state index contributed by atoms with van der Waals surface area (Å²) in [7, 11) is 0. The zero-order valence-electron chi connectivity index (χ0n) is 12.5. The van der Waals surface area contributed by atoms with Gasteiger partial charge in [0, 0.05) is 12.6 Å². The van der Waals surface area contributed by atoms with E-state index in [0.29, 0.717) is 24.6 Å². The average molecular weight is 278 g/mol. The van der Waals surface area contributed by atoms with Crippen molar-refractivity contribution >= 4 is 11.7 Å². The van der Waals surface area contributed by atoms with E-state index in [9.17, 15) is 4.79 Å². The maximum Gasteiger partial charge on any atom is 0.242 e. The molecule has 110 valence electrons. The molecule has 0 aliphatic carbocycles. The molecule has 0 aromatic carbocycles. The van der Waals surface area contributed by atoms with Crippen LogP contribution in [0.1, 0.15) is 33.4 Å². The highest BCUT2D eigenvalue weighted by Crippen LogP contribution is 2.26. The van der Waals surface area contributed by atoms with E-state index in [1.165, 1.54) is 0 Å². The van der Waals surface area contributed by atoms with Gasteiger partial charge < -0.3 is 14.9 Å². The summed E-state index contributed by atoms with van der Waals surface area (Å²) in [6.07, 6.45) is 3.15. The number of piperazine rings is 1. The van der Waals surface area contributed by atoms with Crippen molar-refractivity contribution in [3.05, 3.63) is 18.1 Å². The molecule has 2 heterocycles. The first-order valence-electron chi connectivity index (χ1n) is 6.84. The average Bonchev–Trinajstić information content (AvgIpc) is 2.36. The smallest absolute Gasteiger partial charge is 0.242 e. The van der Waals surface area contributed by atoms with E-state index in [2.05, 4.69) is 23.8 Å². The minimum absolute atomic E-state index is 0.101. The van der Waals surface area contributed by atoms with Gasteiger partial charge in [0.25, 0.3) is 0 Å². The molecule has 1 aliphatic heterocycles. The van der Waals surface area contributed by atoms with Crippen LogP contribution in [0.25, 0.3) is 0 Å². The van der Waals surface area contributed by atoms with Crippen LogP contribution in [-0.4, -0.2) is 50.6 Å². The number of carbonyl (C=O) groups is 1. The summed E-state index contributed by atoms with van der Waals surface area (Å²) in [4.78, 5) is 24.6. The molecule has 6 heteroatoms. The summed E-state index contributed by atoms with van der Waals surface area (Å²) >= 11 is 0. The Morgan fingerprint density at radius 2 is 2.05 bits per heavy atom. The summed E-state index contributed by atoms with van der Waals surface area (Å²) in [6, 6.07) is 0.183. The first kappa shape index (κ1) is 14.7. The number of hydrogen-bond acceptors (Lipinski definition) is 5. The largest absolute Gasteiger partial charge is 0.390 e. The van der Waals surface area contributed by atoms with Gasteiger partial charge in [-0.15, -0.1) is 0 Å². The SMILES string of the molecule is CC(C)N1C(=O)CN(c2cnc(CO)cn2)CC1(C)C. The van der Waals surface area contributed by atoms with Gasteiger partial charge in [0.15, 0.2) is 0 Å². The van der Waals surface area contributed by atoms with E-state index in [1.807, 2.05) is 23.6 Å². The molecule has 1 aromatic heterocycles. The van der Waals surface area contributed by atoms with Crippen molar-refractivity contribution in [2.75, 3.05) is 18.0 Å². The number of aliphatic hydroxyl groups is 1. The fourth-order valence-corrected chi connectivity index (χ4v) is 2.92. The van der Waals surface area contributed by atoms with Crippen LogP contribution >= 0.6 is 0 Å². The van der Waals surface area contributed by atoms with Crippen LogP contribution in [0, 0.1) is 0 Å². The molecule has 0 atom stereocenters. The summed E-state index contributed by atoms with van der Waals surface area (Å²) in [6.45, 7) is 9.09. The second-order valence-electron chi connectivity index (χ2n) is 6.05. The fourth-order valence-electron chi connectivity index (χ4n) is 2.92. The summed E-state index contributed by atoms with van der Waals surface area (Å²) < 4.78 is 0. The van der Waals surface area contributed by atoms with Gasteiger partial charge in [-0.3, -0.25) is 9.78 Å². The minimum Gasteiger partial charge on any atom is -0.390 e. The molecule has 1 saturated heterocycles. The van der Waals surface area contributed by atoms with Crippen molar-refractivity contribution in [1.82, 2.24) is 14.9 Å². The number of hydrogen-bond donors (Lipinski definition) is 1. The third-order valence-electron chi connectivity index (χ3n) is 3.52. The molecule has 0 radical (unpaired) electrons. The van der Waals surface area contributed by atoms with E-state index in [0.717, 1.165) is 0 Å². The number of amides is 1. The topological polar surface area (TPSA) is 69.6 Å². The second kappa shape index (κ2) is 5.36. The van der Waals surface area contributed by atoms with Gasteiger partial charge in [0.05, 0.1) is 36.8 Å². The molecule has 1 amide bonds. The molecule has 2 rings (SSSR count). The first-order chi connectivity index (χ1) is 9.35. The van der Waals surface area contributed by atoms with Crippen LogP contribution in [0.5, 0.6) is 0 Å².